The molecule has 0 unspecified atom stereocenters. The molecule has 0 aliphatic carbocycles. The molecule has 1 saturated heterocycles. The number of nitrogens with one attached hydrogen (secondary N) is 1. The summed E-state index contributed by atoms with van der Waals surface area (Å²) in [4.78, 5) is 33.9. The third kappa shape index (κ3) is 4.80. The SMILES string of the molecule is Cc1cc(NC(=O)c2ccccc2N2CCN(C(=O)Cn3nc(C)cc3C)CC2)ccn1. The van der Waals surface area contributed by atoms with Crippen molar-refractivity contribution in [1.82, 2.24) is 19.7 Å². The molecule has 4 rings (SSSR count). The molecule has 166 valence electrons. The predicted octanol–water partition coefficient (Wildman–Crippen LogP) is 2.80. The Bertz CT molecular complexity index is 1130. The minimum Gasteiger partial charge on any atom is -0.367 e. The van der Waals surface area contributed by atoms with Gasteiger partial charge in [-0.05, 0) is 51.1 Å². The van der Waals surface area contributed by atoms with Gasteiger partial charge in [-0.3, -0.25) is 19.3 Å². The second-order valence-electron chi connectivity index (χ2n) is 8.11. The predicted molar refractivity (Wildman–Crippen MR) is 124 cm³/mol. The van der Waals surface area contributed by atoms with Crippen LogP contribution in [0, 0.1) is 20.8 Å². The van der Waals surface area contributed by atoms with E-state index in [9.17, 15) is 9.59 Å². The molecule has 0 atom stereocenters. The molecule has 1 aromatic carbocycles. The summed E-state index contributed by atoms with van der Waals surface area (Å²) in [6.07, 6.45) is 1.68. The van der Waals surface area contributed by atoms with Crippen molar-refractivity contribution in [2.75, 3.05) is 36.4 Å². The van der Waals surface area contributed by atoms with Gasteiger partial charge in [-0.25, -0.2) is 0 Å². The van der Waals surface area contributed by atoms with Gasteiger partial charge >= 0.3 is 0 Å². The molecule has 0 spiro atoms. The highest BCUT2D eigenvalue weighted by Crippen LogP contribution is 2.23. The zero-order valence-electron chi connectivity index (χ0n) is 18.7. The Labute approximate surface area is 187 Å². The van der Waals surface area contributed by atoms with Crippen molar-refractivity contribution < 1.29 is 9.59 Å². The van der Waals surface area contributed by atoms with Gasteiger partial charge in [-0.2, -0.15) is 5.10 Å². The number of aromatic nitrogens is 3. The number of para-hydroxylation sites is 1. The summed E-state index contributed by atoms with van der Waals surface area (Å²) in [6.45, 7) is 8.58. The first kappa shape index (κ1) is 21.5. The number of carbonyl (C=O) groups excluding carboxylic acids is 2. The average molecular weight is 433 g/mol. The van der Waals surface area contributed by atoms with Gasteiger partial charge in [-0.1, -0.05) is 12.1 Å². The first-order valence-electron chi connectivity index (χ1n) is 10.8. The maximum atomic E-state index is 13.0. The lowest BCUT2D eigenvalue weighted by atomic mass is 10.1. The first-order chi connectivity index (χ1) is 15.4. The molecule has 0 radical (unpaired) electrons. The van der Waals surface area contributed by atoms with Gasteiger partial charge in [0, 0.05) is 55.1 Å². The number of pyridine rings is 1. The van der Waals surface area contributed by atoms with Crippen LogP contribution in [0.25, 0.3) is 0 Å². The standard InChI is InChI=1S/C24H28N6O2/c1-17-15-20(8-9-25-17)26-24(32)21-6-4-5-7-22(21)28-10-12-29(13-11-28)23(31)16-30-19(3)14-18(2)27-30/h4-9,14-15H,10-13,16H2,1-3H3,(H,25,26,32). The molecule has 1 fully saturated rings. The number of nitrogens with zero attached hydrogens (tertiary/aromatic N) is 5. The van der Waals surface area contributed by atoms with Crippen LogP contribution in [0.3, 0.4) is 0 Å². The zero-order chi connectivity index (χ0) is 22.7. The van der Waals surface area contributed by atoms with Gasteiger partial charge in [0.2, 0.25) is 5.91 Å². The number of amides is 2. The second kappa shape index (κ2) is 9.21. The number of benzene rings is 1. The lowest BCUT2D eigenvalue weighted by Crippen LogP contribution is -2.50. The zero-order valence-corrected chi connectivity index (χ0v) is 18.7. The lowest BCUT2D eigenvalue weighted by molar-refractivity contribution is -0.132. The number of hydrogen-bond donors (Lipinski definition) is 1. The van der Waals surface area contributed by atoms with Gasteiger partial charge in [0.1, 0.15) is 6.54 Å². The van der Waals surface area contributed by atoms with Crippen molar-refractivity contribution in [3.05, 3.63) is 71.3 Å². The van der Waals surface area contributed by atoms with E-state index in [1.54, 1.807) is 16.9 Å². The maximum absolute atomic E-state index is 13.0. The number of piperazine rings is 1. The molecule has 1 aliphatic rings. The lowest BCUT2D eigenvalue weighted by Gasteiger charge is -2.37. The van der Waals surface area contributed by atoms with Gasteiger partial charge in [0.05, 0.1) is 11.3 Å². The van der Waals surface area contributed by atoms with E-state index in [-0.39, 0.29) is 18.4 Å². The average Bonchev–Trinajstić information content (AvgIpc) is 3.10. The van der Waals surface area contributed by atoms with E-state index in [1.165, 1.54) is 0 Å². The van der Waals surface area contributed by atoms with Gasteiger partial charge < -0.3 is 15.1 Å². The van der Waals surface area contributed by atoms with E-state index in [4.69, 9.17) is 0 Å². The van der Waals surface area contributed by atoms with Crippen LogP contribution < -0.4 is 10.2 Å². The number of hydrogen-bond acceptors (Lipinski definition) is 5. The van der Waals surface area contributed by atoms with Crippen LogP contribution in [0.1, 0.15) is 27.4 Å². The van der Waals surface area contributed by atoms with Crippen molar-refractivity contribution in [3.63, 3.8) is 0 Å². The highest BCUT2D eigenvalue weighted by molar-refractivity contribution is 6.08. The quantitative estimate of drug-likeness (QED) is 0.670. The summed E-state index contributed by atoms with van der Waals surface area (Å²) in [5.74, 6) is -0.0934. The third-order valence-corrected chi connectivity index (χ3v) is 5.66. The van der Waals surface area contributed by atoms with E-state index in [2.05, 4.69) is 20.3 Å². The number of aryl methyl sites for hydroxylation is 3. The van der Waals surface area contributed by atoms with E-state index in [0.29, 0.717) is 31.7 Å². The van der Waals surface area contributed by atoms with Crippen LogP contribution in [0.5, 0.6) is 0 Å². The Balaban J connectivity index is 1.41. The summed E-state index contributed by atoms with van der Waals surface area (Å²) in [7, 11) is 0. The van der Waals surface area contributed by atoms with Crippen LogP contribution in [-0.2, 0) is 11.3 Å². The summed E-state index contributed by atoms with van der Waals surface area (Å²) in [5.41, 5.74) is 4.95. The summed E-state index contributed by atoms with van der Waals surface area (Å²) >= 11 is 0. The minimum atomic E-state index is -0.158. The van der Waals surface area contributed by atoms with E-state index >= 15 is 0 Å². The first-order valence-corrected chi connectivity index (χ1v) is 10.8. The fraction of sp³-hybridized carbons (Fsp3) is 0.333. The summed E-state index contributed by atoms with van der Waals surface area (Å²) in [6, 6.07) is 13.2. The largest absolute Gasteiger partial charge is 0.367 e. The highest BCUT2D eigenvalue weighted by Gasteiger charge is 2.24. The minimum absolute atomic E-state index is 0.0648. The number of anilines is 2. The molecule has 1 aliphatic heterocycles. The Morgan fingerprint density at radius 2 is 1.72 bits per heavy atom. The smallest absolute Gasteiger partial charge is 0.257 e. The fourth-order valence-electron chi connectivity index (χ4n) is 4.02. The molecule has 3 aromatic rings. The van der Waals surface area contributed by atoms with E-state index < -0.39 is 0 Å². The topological polar surface area (TPSA) is 83.4 Å². The monoisotopic (exact) mass is 432 g/mol. The van der Waals surface area contributed by atoms with Gasteiger partial charge in [0.25, 0.3) is 5.91 Å². The molecule has 1 N–H and O–H groups in total. The molecule has 0 bridgehead atoms. The maximum Gasteiger partial charge on any atom is 0.257 e. The van der Waals surface area contributed by atoms with Crippen LogP contribution in [0.15, 0.2) is 48.7 Å². The Morgan fingerprint density at radius 1 is 0.969 bits per heavy atom. The van der Waals surface area contributed by atoms with Crippen molar-refractivity contribution in [2.24, 2.45) is 0 Å². The van der Waals surface area contributed by atoms with Crippen molar-refractivity contribution >= 4 is 23.2 Å². The van der Waals surface area contributed by atoms with Crippen LogP contribution >= 0.6 is 0 Å². The van der Waals surface area contributed by atoms with Gasteiger partial charge in [0.15, 0.2) is 0 Å². The van der Waals surface area contributed by atoms with Crippen LogP contribution in [-0.4, -0.2) is 57.7 Å². The number of rotatable bonds is 5. The van der Waals surface area contributed by atoms with Crippen molar-refractivity contribution in [1.29, 1.82) is 0 Å². The molecule has 8 heteroatoms. The number of carbonyl (C=O) groups is 2. The molecular formula is C24H28N6O2. The normalized spacial score (nSPS) is 13.8. The molecular weight excluding hydrogens is 404 g/mol. The molecule has 2 aromatic heterocycles. The Kier molecular flexibility index (Phi) is 6.20. The summed E-state index contributed by atoms with van der Waals surface area (Å²) < 4.78 is 1.75. The van der Waals surface area contributed by atoms with Crippen molar-refractivity contribution in [3.8, 4) is 0 Å². The molecule has 3 heterocycles. The molecule has 32 heavy (non-hydrogen) atoms. The molecule has 0 saturated carbocycles. The summed E-state index contributed by atoms with van der Waals surface area (Å²) in [5, 5.41) is 7.35. The van der Waals surface area contributed by atoms with Crippen molar-refractivity contribution in [2.45, 2.75) is 27.3 Å². The molecule has 2 amide bonds. The van der Waals surface area contributed by atoms with Crippen LogP contribution in [0.4, 0.5) is 11.4 Å². The van der Waals surface area contributed by atoms with Gasteiger partial charge in [-0.15, -0.1) is 0 Å². The van der Waals surface area contributed by atoms with E-state index in [1.807, 2.05) is 62.1 Å². The Hall–Kier alpha value is -3.68. The third-order valence-electron chi connectivity index (χ3n) is 5.66. The second-order valence-corrected chi connectivity index (χ2v) is 8.11. The molecule has 8 nitrogen and oxygen atoms in total. The Morgan fingerprint density at radius 3 is 2.41 bits per heavy atom. The van der Waals surface area contributed by atoms with E-state index in [0.717, 1.165) is 28.5 Å². The van der Waals surface area contributed by atoms with Crippen LogP contribution in [0.2, 0.25) is 0 Å². The fourth-order valence-corrected chi connectivity index (χ4v) is 4.02. The highest BCUT2D eigenvalue weighted by atomic mass is 16.2.